The second-order valence-corrected chi connectivity index (χ2v) is 3.61. The lowest BCUT2D eigenvalue weighted by molar-refractivity contribution is -0.156. The maximum atomic E-state index is 11.2. The predicted molar refractivity (Wildman–Crippen MR) is 50.7 cm³/mol. The Morgan fingerprint density at radius 2 is 2.00 bits per heavy atom. The van der Waals surface area contributed by atoms with Gasteiger partial charge in [-0.2, -0.15) is 0 Å². The van der Waals surface area contributed by atoms with Crippen LogP contribution >= 0.6 is 0 Å². The Hall–Kier alpha value is -1.10. The van der Waals surface area contributed by atoms with Gasteiger partial charge >= 0.3 is 5.97 Å². The number of carbonyl (C=O) groups excluding carboxylic acids is 1. The molecule has 5 heteroatoms. The van der Waals surface area contributed by atoms with Gasteiger partial charge in [-0.15, -0.1) is 0 Å². The number of carboxylic acids is 1. The Labute approximate surface area is 83.1 Å². The maximum Gasteiger partial charge on any atom is 0.337 e. The molecule has 2 unspecified atom stereocenters. The summed E-state index contributed by atoms with van der Waals surface area (Å²) in [6, 6.07) is 0. The number of hydrogen-bond donors (Lipinski definition) is 3. The SMILES string of the molecule is CCC(C)C(=O)NCC(C)(O)C(=O)O. The number of amides is 1. The molecule has 0 saturated heterocycles. The van der Waals surface area contributed by atoms with Crippen molar-refractivity contribution in [2.75, 3.05) is 6.54 Å². The van der Waals surface area contributed by atoms with Crippen molar-refractivity contribution >= 4 is 11.9 Å². The van der Waals surface area contributed by atoms with E-state index in [0.29, 0.717) is 6.42 Å². The van der Waals surface area contributed by atoms with Gasteiger partial charge in [-0.05, 0) is 13.3 Å². The van der Waals surface area contributed by atoms with Crippen molar-refractivity contribution in [2.45, 2.75) is 32.8 Å². The molecule has 0 spiro atoms. The third-order valence-corrected chi connectivity index (χ3v) is 2.13. The number of nitrogens with one attached hydrogen (secondary N) is 1. The standard InChI is InChI=1S/C9H17NO4/c1-4-6(2)7(11)10-5-9(3,14)8(12)13/h6,14H,4-5H2,1-3H3,(H,10,11)(H,12,13). The minimum Gasteiger partial charge on any atom is -0.479 e. The van der Waals surface area contributed by atoms with Crippen LogP contribution in [0.25, 0.3) is 0 Å². The van der Waals surface area contributed by atoms with Crippen LogP contribution in [0.3, 0.4) is 0 Å². The molecule has 0 aromatic rings. The fraction of sp³-hybridized carbons (Fsp3) is 0.778. The van der Waals surface area contributed by atoms with Crippen LogP contribution in [-0.4, -0.2) is 34.2 Å². The third kappa shape index (κ3) is 3.74. The molecule has 82 valence electrons. The van der Waals surface area contributed by atoms with Crippen molar-refractivity contribution in [3.8, 4) is 0 Å². The first-order valence-electron chi connectivity index (χ1n) is 4.54. The van der Waals surface area contributed by atoms with Gasteiger partial charge in [0.2, 0.25) is 5.91 Å². The van der Waals surface area contributed by atoms with Crippen molar-refractivity contribution in [3.63, 3.8) is 0 Å². The number of aliphatic carboxylic acids is 1. The second-order valence-electron chi connectivity index (χ2n) is 3.61. The van der Waals surface area contributed by atoms with E-state index >= 15 is 0 Å². The normalized spacial score (nSPS) is 16.9. The van der Waals surface area contributed by atoms with E-state index in [4.69, 9.17) is 5.11 Å². The Bertz CT molecular complexity index is 225. The fourth-order valence-electron chi connectivity index (χ4n) is 0.694. The van der Waals surface area contributed by atoms with Gasteiger partial charge in [0.15, 0.2) is 5.60 Å². The first-order valence-corrected chi connectivity index (χ1v) is 4.54. The number of hydrogen-bond acceptors (Lipinski definition) is 3. The van der Waals surface area contributed by atoms with Gasteiger partial charge in [0.05, 0.1) is 6.54 Å². The molecule has 0 aliphatic heterocycles. The Morgan fingerprint density at radius 3 is 2.36 bits per heavy atom. The highest BCUT2D eigenvalue weighted by Crippen LogP contribution is 2.03. The molecule has 0 aromatic carbocycles. The minimum absolute atomic E-state index is 0.167. The van der Waals surface area contributed by atoms with Gasteiger partial charge in [-0.25, -0.2) is 4.79 Å². The lowest BCUT2D eigenvalue weighted by Crippen LogP contribution is -2.47. The summed E-state index contributed by atoms with van der Waals surface area (Å²) in [6.07, 6.45) is 0.682. The molecule has 0 saturated carbocycles. The molecule has 1 amide bonds. The Kier molecular flexibility index (Phi) is 4.56. The van der Waals surface area contributed by atoms with E-state index in [1.807, 2.05) is 6.92 Å². The van der Waals surface area contributed by atoms with Gasteiger partial charge in [0.1, 0.15) is 0 Å². The summed E-state index contributed by atoms with van der Waals surface area (Å²) in [4.78, 5) is 21.7. The lowest BCUT2D eigenvalue weighted by Gasteiger charge is -2.19. The predicted octanol–water partition coefficient (Wildman–Crippen LogP) is -0.0157. The van der Waals surface area contributed by atoms with Crippen LogP contribution in [0.4, 0.5) is 0 Å². The molecule has 0 aromatic heterocycles. The summed E-state index contributed by atoms with van der Waals surface area (Å²) in [6.45, 7) is 4.47. The Balaban J connectivity index is 4.06. The van der Waals surface area contributed by atoms with Crippen molar-refractivity contribution < 1.29 is 19.8 Å². The van der Waals surface area contributed by atoms with Crippen molar-refractivity contribution in [3.05, 3.63) is 0 Å². The van der Waals surface area contributed by atoms with Gasteiger partial charge in [0, 0.05) is 5.92 Å². The zero-order valence-corrected chi connectivity index (χ0v) is 8.70. The molecule has 0 fully saturated rings. The summed E-state index contributed by atoms with van der Waals surface area (Å²) in [5.74, 6) is -1.75. The summed E-state index contributed by atoms with van der Waals surface area (Å²) in [5, 5.41) is 20.2. The Morgan fingerprint density at radius 1 is 1.50 bits per heavy atom. The molecular weight excluding hydrogens is 186 g/mol. The maximum absolute atomic E-state index is 11.2. The highest BCUT2D eigenvalue weighted by molar-refractivity contribution is 5.81. The molecule has 0 bridgehead atoms. The molecular formula is C9H17NO4. The van der Waals surface area contributed by atoms with Crippen molar-refractivity contribution in [1.29, 1.82) is 0 Å². The number of carboxylic acid groups (broad SMARTS) is 1. The quantitative estimate of drug-likeness (QED) is 0.586. The van der Waals surface area contributed by atoms with Crippen molar-refractivity contribution in [2.24, 2.45) is 5.92 Å². The molecule has 3 N–H and O–H groups in total. The van der Waals surface area contributed by atoms with Crippen LogP contribution in [0.15, 0.2) is 0 Å². The van der Waals surface area contributed by atoms with E-state index < -0.39 is 11.6 Å². The van der Waals surface area contributed by atoms with Crippen LogP contribution < -0.4 is 5.32 Å². The smallest absolute Gasteiger partial charge is 0.337 e. The van der Waals surface area contributed by atoms with Gasteiger partial charge < -0.3 is 15.5 Å². The summed E-state index contributed by atoms with van der Waals surface area (Å²) >= 11 is 0. The molecule has 5 nitrogen and oxygen atoms in total. The number of rotatable bonds is 5. The van der Waals surface area contributed by atoms with Crippen LogP contribution in [0.1, 0.15) is 27.2 Å². The van der Waals surface area contributed by atoms with E-state index in [1.54, 1.807) is 6.92 Å². The largest absolute Gasteiger partial charge is 0.479 e. The number of carbonyl (C=O) groups is 2. The first-order chi connectivity index (χ1) is 6.31. The third-order valence-electron chi connectivity index (χ3n) is 2.13. The number of aliphatic hydroxyl groups is 1. The van der Waals surface area contributed by atoms with E-state index in [-0.39, 0.29) is 18.4 Å². The van der Waals surface area contributed by atoms with E-state index in [2.05, 4.69) is 5.32 Å². The van der Waals surface area contributed by atoms with Crippen LogP contribution in [-0.2, 0) is 9.59 Å². The summed E-state index contributed by atoms with van der Waals surface area (Å²) < 4.78 is 0. The molecule has 2 atom stereocenters. The van der Waals surface area contributed by atoms with E-state index in [0.717, 1.165) is 6.92 Å². The molecule has 0 radical (unpaired) electrons. The van der Waals surface area contributed by atoms with Gasteiger partial charge in [-0.3, -0.25) is 4.79 Å². The van der Waals surface area contributed by atoms with E-state index in [1.165, 1.54) is 0 Å². The molecule has 0 heterocycles. The molecule has 14 heavy (non-hydrogen) atoms. The highest BCUT2D eigenvalue weighted by atomic mass is 16.4. The molecule has 0 aliphatic rings. The summed E-state index contributed by atoms with van der Waals surface area (Å²) in [7, 11) is 0. The first kappa shape index (κ1) is 12.9. The highest BCUT2D eigenvalue weighted by Gasteiger charge is 2.30. The lowest BCUT2D eigenvalue weighted by atomic mass is 10.1. The molecule has 0 rings (SSSR count). The van der Waals surface area contributed by atoms with Crippen LogP contribution in [0, 0.1) is 5.92 Å². The van der Waals surface area contributed by atoms with Crippen LogP contribution in [0.5, 0.6) is 0 Å². The van der Waals surface area contributed by atoms with Gasteiger partial charge in [-0.1, -0.05) is 13.8 Å². The second kappa shape index (κ2) is 4.95. The average molecular weight is 203 g/mol. The molecule has 0 aliphatic carbocycles. The zero-order valence-electron chi connectivity index (χ0n) is 8.70. The topological polar surface area (TPSA) is 86.6 Å². The monoisotopic (exact) mass is 203 g/mol. The summed E-state index contributed by atoms with van der Waals surface area (Å²) in [5.41, 5.74) is -1.90. The van der Waals surface area contributed by atoms with E-state index in [9.17, 15) is 14.7 Å². The van der Waals surface area contributed by atoms with Crippen molar-refractivity contribution in [1.82, 2.24) is 5.32 Å². The van der Waals surface area contributed by atoms with Gasteiger partial charge in [0.25, 0.3) is 0 Å². The fourth-order valence-corrected chi connectivity index (χ4v) is 0.694. The average Bonchev–Trinajstić information content (AvgIpc) is 2.12. The zero-order chi connectivity index (χ0) is 11.4. The minimum atomic E-state index is -1.90. The van der Waals surface area contributed by atoms with Crippen LogP contribution in [0.2, 0.25) is 0 Å².